The fraction of sp³-hybridized carbons (Fsp3) is 0.579. The van der Waals surface area contributed by atoms with Crippen LogP contribution in [0.4, 0.5) is 0 Å². The molecule has 1 rings (SSSR count). The van der Waals surface area contributed by atoms with Crippen molar-refractivity contribution in [1.29, 1.82) is 0 Å². The Bertz CT molecular complexity index is 553. The highest BCUT2D eigenvalue weighted by atomic mass is 127. The molecule has 0 aliphatic rings. The van der Waals surface area contributed by atoms with Crippen molar-refractivity contribution < 1.29 is 14.3 Å². The van der Waals surface area contributed by atoms with Crippen LogP contribution in [-0.4, -0.2) is 44.8 Å². The molecule has 0 amide bonds. The number of aryl methyl sites for hydroxylation is 1. The Kier molecular flexibility index (Phi) is 13.8. The number of carbonyl (C=O) groups excluding carboxylic acids is 1. The van der Waals surface area contributed by atoms with Crippen LogP contribution >= 0.6 is 24.0 Å². The zero-order valence-electron chi connectivity index (χ0n) is 16.2. The van der Waals surface area contributed by atoms with Crippen molar-refractivity contribution in [3.8, 4) is 5.75 Å². The van der Waals surface area contributed by atoms with Crippen LogP contribution in [0, 0.1) is 6.92 Å². The highest BCUT2D eigenvalue weighted by Gasteiger charge is 2.06. The van der Waals surface area contributed by atoms with Gasteiger partial charge in [0.05, 0.1) is 13.7 Å². The van der Waals surface area contributed by atoms with Crippen molar-refractivity contribution in [2.75, 3.05) is 26.7 Å². The van der Waals surface area contributed by atoms with E-state index in [0.29, 0.717) is 13.0 Å². The molecule has 2 N–H and O–H groups in total. The maximum absolute atomic E-state index is 11.1. The number of unbranched alkanes of at least 4 members (excludes halogenated alkanes) is 1. The number of rotatable bonds is 10. The van der Waals surface area contributed by atoms with Crippen LogP contribution in [0.15, 0.2) is 29.3 Å². The Morgan fingerprint density at radius 1 is 1.23 bits per heavy atom. The molecular formula is C19H32IN3O3. The molecule has 0 spiro atoms. The van der Waals surface area contributed by atoms with Gasteiger partial charge in [-0.15, -0.1) is 24.0 Å². The summed E-state index contributed by atoms with van der Waals surface area (Å²) < 4.78 is 10.6. The van der Waals surface area contributed by atoms with Gasteiger partial charge in [0.25, 0.3) is 0 Å². The van der Waals surface area contributed by atoms with Gasteiger partial charge >= 0.3 is 5.97 Å². The van der Waals surface area contributed by atoms with Gasteiger partial charge in [-0.05, 0) is 45.2 Å². The number of guanidine groups is 1. The van der Waals surface area contributed by atoms with Crippen LogP contribution in [0.2, 0.25) is 0 Å². The summed E-state index contributed by atoms with van der Waals surface area (Å²) in [7, 11) is 1.41. The minimum atomic E-state index is -0.164. The van der Waals surface area contributed by atoms with E-state index in [9.17, 15) is 4.79 Å². The Hall–Kier alpha value is -1.51. The molecule has 1 aromatic rings. The van der Waals surface area contributed by atoms with Crippen LogP contribution in [0.3, 0.4) is 0 Å². The number of halogens is 1. The Balaban J connectivity index is 0.00000625. The molecule has 1 unspecified atom stereocenters. The second kappa shape index (κ2) is 14.6. The standard InChI is InChI=1S/C19H31N3O3.HI/c1-5-20-19(21-13-9-8-12-18(23)24-4)22-14-16(3)25-17-11-7-6-10-15(17)2;/h6-7,10-11,16H,5,8-9,12-14H2,1-4H3,(H2,20,21,22);1H. The van der Waals surface area contributed by atoms with E-state index >= 15 is 0 Å². The van der Waals surface area contributed by atoms with Gasteiger partial charge in [0.1, 0.15) is 11.9 Å². The van der Waals surface area contributed by atoms with Gasteiger partial charge in [-0.1, -0.05) is 18.2 Å². The summed E-state index contributed by atoms with van der Waals surface area (Å²) >= 11 is 0. The van der Waals surface area contributed by atoms with Crippen molar-refractivity contribution in [2.45, 2.75) is 46.1 Å². The summed E-state index contributed by atoms with van der Waals surface area (Å²) in [5, 5.41) is 6.49. The summed E-state index contributed by atoms with van der Waals surface area (Å²) in [5.41, 5.74) is 1.12. The number of para-hydroxylation sites is 1. The first kappa shape index (κ1) is 24.5. The van der Waals surface area contributed by atoms with Crippen LogP contribution in [0.25, 0.3) is 0 Å². The number of nitrogens with zero attached hydrogens (tertiary/aromatic N) is 1. The normalized spacial score (nSPS) is 11.9. The van der Waals surface area contributed by atoms with Crippen molar-refractivity contribution in [3.63, 3.8) is 0 Å². The van der Waals surface area contributed by atoms with E-state index in [-0.39, 0.29) is 36.0 Å². The van der Waals surface area contributed by atoms with Gasteiger partial charge in [-0.3, -0.25) is 4.79 Å². The van der Waals surface area contributed by atoms with Crippen molar-refractivity contribution in [3.05, 3.63) is 29.8 Å². The first-order valence-corrected chi connectivity index (χ1v) is 8.88. The van der Waals surface area contributed by atoms with E-state index < -0.39 is 0 Å². The number of aliphatic imine (C=N–C) groups is 1. The molecule has 0 aromatic heterocycles. The maximum atomic E-state index is 11.1. The second-order valence-electron chi connectivity index (χ2n) is 5.87. The van der Waals surface area contributed by atoms with E-state index in [4.69, 9.17) is 4.74 Å². The van der Waals surface area contributed by atoms with E-state index in [1.54, 1.807) is 0 Å². The van der Waals surface area contributed by atoms with E-state index in [0.717, 1.165) is 43.2 Å². The zero-order valence-corrected chi connectivity index (χ0v) is 18.5. The molecule has 0 saturated heterocycles. The number of benzene rings is 1. The molecule has 0 bridgehead atoms. The Labute approximate surface area is 174 Å². The lowest BCUT2D eigenvalue weighted by Gasteiger charge is -2.16. The van der Waals surface area contributed by atoms with Gasteiger partial charge in [0, 0.05) is 19.5 Å². The first-order chi connectivity index (χ1) is 12.1. The third kappa shape index (κ3) is 10.5. The number of nitrogens with one attached hydrogen (secondary N) is 2. The fourth-order valence-electron chi connectivity index (χ4n) is 2.21. The highest BCUT2D eigenvalue weighted by Crippen LogP contribution is 2.17. The molecule has 0 aliphatic carbocycles. The van der Waals surface area contributed by atoms with Crippen LogP contribution in [0.5, 0.6) is 5.75 Å². The van der Waals surface area contributed by atoms with Gasteiger partial charge in [-0.2, -0.15) is 0 Å². The molecule has 7 heteroatoms. The largest absolute Gasteiger partial charge is 0.489 e. The van der Waals surface area contributed by atoms with Crippen molar-refractivity contribution >= 4 is 35.9 Å². The minimum absolute atomic E-state index is 0. The van der Waals surface area contributed by atoms with Gasteiger partial charge in [-0.25, -0.2) is 4.99 Å². The van der Waals surface area contributed by atoms with Gasteiger partial charge in [0.2, 0.25) is 0 Å². The Morgan fingerprint density at radius 2 is 1.96 bits per heavy atom. The van der Waals surface area contributed by atoms with Gasteiger partial charge < -0.3 is 20.1 Å². The van der Waals surface area contributed by atoms with E-state index in [2.05, 4.69) is 20.4 Å². The highest BCUT2D eigenvalue weighted by molar-refractivity contribution is 14.0. The predicted octanol–water partition coefficient (Wildman–Crippen LogP) is 3.28. The smallest absolute Gasteiger partial charge is 0.305 e. The molecular weight excluding hydrogens is 445 g/mol. The quantitative estimate of drug-likeness (QED) is 0.178. The molecule has 26 heavy (non-hydrogen) atoms. The molecule has 1 aromatic carbocycles. The van der Waals surface area contributed by atoms with Crippen molar-refractivity contribution in [2.24, 2.45) is 4.99 Å². The third-order valence-electron chi connectivity index (χ3n) is 3.60. The lowest BCUT2D eigenvalue weighted by Crippen LogP contribution is -2.38. The number of esters is 1. The maximum Gasteiger partial charge on any atom is 0.305 e. The molecule has 1 atom stereocenters. The topological polar surface area (TPSA) is 72.0 Å². The monoisotopic (exact) mass is 477 g/mol. The van der Waals surface area contributed by atoms with Crippen molar-refractivity contribution in [1.82, 2.24) is 10.6 Å². The average molecular weight is 477 g/mol. The lowest BCUT2D eigenvalue weighted by atomic mass is 10.2. The van der Waals surface area contributed by atoms with Crippen LogP contribution in [-0.2, 0) is 9.53 Å². The summed E-state index contributed by atoms with van der Waals surface area (Å²) in [6.07, 6.45) is 2.12. The number of hydrogen-bond acceptors (Lipinski definition) is 4. The summed E-state index contributed by atoms with van der Waals surface area (Å²) in [6, 6.07) is 7.97. The second-order valence-corrected chi connectivity index (χ2v) is 5.87. The SMILES string of the molecule is CCNC(=NCC(C)Oc1ccccc1C)NCCCCC(=O)OC.I. The number of methoxy groups -OCH3 is 1. The van der Waals surface area contributed by atoms with Crippen LogP contribution < -0.4 is 15.4 Å². The van der Waals surface area contributed by atoms with Gasteiger partial charge in [0.15, 0.2) is 5.96 Å². The molecule has 6 nitrogen and oxygen atoms in total. The zero-order chi connectivity index (χ0) is 18.5. The minimum Gasteiger partial charge on any atom is -0.489 e. The molecule has 0 heterocycles. The summed E-state index contributed by atoms with van der Waals surface area (Å²) in [5.74, 6) is 1.49. The molecule has 0 aliphatic heterocycles. The fourth-order valence-corrected chi connectivity index (χ4v) is 2.21. The third-order valence-corrected chi connectivity index (χ3v) is 3.60. The lowest BCUT2D eigenvalue weighted by molar-refractivity contribution is -0.140. The average Bonchev–Trinajstić information content (AvgIpc) is 2.61. The molecule has 148 valence electrons. The number of hydrogen-bond donors (Lipinski definition) is 2. The molecule has 0 fully saturated rings. The number of carbonyl (C=O) groups is 1. The molecule has 0 radical (unpaired) electrons. The molecule has 0 saturated carbocycles. The first-order valence-electron chi connectivity index (χ1n) is 8.88. The summed E-state index contributed by atoms with van der Waals surface area (Å²) in [6.45, 7) is 8.19. The van der Waals surface area contributed by atoms with E-state index in [1.165, 1.54) is 7.11 Å². The Morgan fingerprint density at radius 3 is 2.62 bits per heavy atom. The summed E-state index contributed by atoms with van der Waals surface area (Å²) in [4.78, 5) is 15.6. The number of ether oxygens (including phenoxy) is 2. The van der Waals surface area contributed by atoms with E-state index in [1.807, 2.05) is 45.0 Å². The predicted molar refractivity (Wildman–Crippen MR) is 117 cm³/mol. The van der Waals surface area contributed by atoms with Crippen LogP contribution in [0.1, 0.15) is 38.7 Å².